The minimum absolute atomic E-state index is 0.105. The van der Waals surface area contributed by atoms with Crippen molar-refractivity contribution in [3.05, 3.63) is 54.1 Å². The molecular weight excluding hydrogens is 502 g/mol. The van der Waals surface area contributed by atoms with Gasteiger partial charge in [0.25, 0.3) is 0 Å². The summed E-state index contributed by atoms with van der Waals surface area (Å²) in [5.41, 5.74) is 3.10. The van der Waals surface area contributed by atoms with Crippen LogP contribution in [0.1, 0.15) is 5.56 Å². The normalized spacial score (nSPS) is 14.8. The fraction of sp³-hybridized carbons (Fsp3) is 0.292. The van der Waals surface area contributed by atoms with Gasteiger partial charge in [0, 0.05) is 24.8 Å². The van der Waals surface area contributed by atoms with E-state index in [0.717, 1.165) is 22.1 Å². The first-order valence-corrected chi connectivity index (χ1v) is 13.7. The average Bonchev–Trinajstić information content (AvgIpc) is 3.33. The van der Waals surface area contributed by atoms with E-state index in [1.165, 1.54) is 28.2 Å². The summed E-state index contributed by atoms with van der Waals surface area (Å²) in [5, 5.41) is 13.0. The van der Waals surface area contributed by atoms with Gasteiger partial charge in [-0.25, -0.2) is 8.42 Å². The highest BCUT2D eigenvalue weighted by atomic mass is 32.2. The lowest BCUT2D eigenvalue weighted by molar-refractivity contribution is -0.113. The van der Waals surface area contributed by atoms with Crippen molar-refractivity contribution in [3.63, 3.8) is 0 Å². The van der Waals surface area contributed by atoms with E-state index in [4.69, 9.17) is 9.47 Å². The predicted molar refractivity (Wildman–Crippen MR) is 137 cm³/mol. The van der Waals surface area contributed by atoms with Crippen molar-refractivity contribution in [1.29, 1.82) is 0 Å². The Bertz CT molecular complexity index is 1530. The van der Waals surface area contributed by atoms with Crippen molar-refractivity contribution in [1.82, 2.24) is 18.9 Å². The van der Waals surface area contributed by atoms with Gasteiger partial charge in [0.1, 0.15) is 5.75 Å². The van der Waals surface area contributed by atoms with Gasteiger partial charge in [0.2, 0.25) is 15.9 Å². The van der Waals surface area contributed by atoms with Gasteiger partial charge in [0.15, 0.2) is 10.8 Å². The summed E-state index contributed by atoms with van der Waals surface area (Å²) in [7, 11) is -1.97. The molecule has 0 spiro atoms. The number of methoxy groups -OCH3 is 1. The second-order valence-electron chi connectivity index (χ2n) is 8.27. The molecule has 0 saturated carbocycles. The largest absolute Gasteiger partial charge is 0.497 e. The molecule has 5 rings (SSSR count). The zero-order chi connectivity index (χ0) is 25.3. The molecule has 0 unspecified atom stereocenters. The number of hydrogen-bond acceptors (Lipinski definition) is 8. The fourth-order valence-electron chi connectivity index (χ4n) is 4.07. The molecule has 0 radical (unpaired) electrons. The monoisotopic (exact) mass is 527 g/mol. The van der Waals surface area contributed by atoms with Crippen LogP contribution in [0.5, 0.6) is 5.75 Å². The maximum atomic E-state index is 12.8. The van der Waals surface area contributed by atoms with Crippen LogP contribution < -0.4 is 10.1 Å². The fourth-order valence-corrected chi connectivity index (χ4v) is 6.23. The number of anilines is 1. The number of pyridine rings is 1. The number of fused-ring (bicyclic) bond motifs is 3. The van der Waals surface area contributed by atoms with E-state index in [2.05, 4.69) is 15.5 Å². The van der Waals surface area contributed by atoms with Crippen LogP contribution in [0.15, 0.2) is 58.6 Å². The third kappa shape index (κ3) is 4.76. The molecule has 12 heteroatoms. The molecule has 2 aromatic carbocycles. The Kier molecular flexibility index (Phi) is 6.84. The highest BCUT2D eigenvalue weighted by Crippen LogP contribution is 2.28. The van der Waals surface area contributed by atoms with Crippen LogP contribution >= 0.6 is 11.8 Å². The molecule has 188 valence electrons. The quantitative estimate of drug-likeness (QED) is 0.365. The number of sulfonamides is 1. The number of nitrogens with zero attached hydrogens (tertiary/aromatic N) is 4. The Morgan fingerprint density at radius 3 is 2.58 bits per heavy atom. The minimum atomic E-state index is -3.58. The Morgan fingerprint density at radius 1 is 1.11 bits per heavy atom. The van der Waals surface area contributed by atoms with Gasteiger partial charge in [-0.1, -0.05) is 11.8 Å². The summed E-state index contributed by atoms with van der Waals surface area (Å²) in [6.45, 7) is 3.40. The van der Waals surface area contributed by atoms with E-state index in [1.807, 2.05) is 35.6 Å². The Hall–Kier alpha value is -3.19. The number of morpholine rings is 1. The van der Waals surface area contributed by atoms with Gasteiger partial charge in [-0.3, -0.25) is 9.20 Å². The summed E-state index contributed by atoms with van der Waals surface area (Å²) in [5.74, 6) is 0.581. The molecular formula is C24H25N5O5S2. The van der Waals surface area contributed by atoms with E-state index < -0.39 is 10.0 Å². The standard InChI is InChI=1S/C24H25N5O5S2/c1-16-13-17-3-6-19(33-2)14-21(17)29-23(16)26-27-24(29)35-15-22(30)25-18-4-7-20(8-5-18)36(31,32)28-9-11-34-12-10-28/h3-8,13-14H,9-12,15H2,1-2H3,(H,25,30). The molecule has 2 aromatic heterocycles. The number of aryl methyl sites for hydroxylation is 1. The number of amides is 1. The highest BCUT2D eigenvalue weighted by molar-refractivity contribution is 7.99. The Morgan fingerprint density at radius 2 is 1.86 bits per heavy atom. The third-order valence-electron chi connectivity index (χ3n) is 5.91. The summed E-state index contributed by atoms with van der Waals surface area (Å²) in [4.78, 5) is 12.8. The van der Waals surface area contributed by atoms with Crippen LogP contribution in [0.4, 0.5) is 5.69 Å². The summed E-state index contributed by atoms with van der Waals surface area (Å²) in [6, 6.07) is 14.0. The number of aromatic nitrogens is 3. The first-order valence-electron chi connectivity index (χ1n) is 11.3. The number of carbonyl (C=O) groups is 1. The molecule has 4 aromatic rings. The molecule has 1 aliphatic rings. The minimum Gasteiger partial charge on any atom is -0.497 e. The lowest BCUT2D eigenvalue weighted by Crippen LogP contribution is -2.40. The van der Waals surface area contributed by atoms with Crippen molar-refractivity contribution in [3.8, 4) is 5.75 Å². The van der Waals surface area contributed by atoms with Gasteiger partial charge in [-0.05, 0) is 60.3 Å². The lowest BCUT2D eigenvalue weighted by atomic mass is 10.1. The van der Waals surface area contributed by atoms with E-state index in [1.54, 1.807) is 19.2 Å². The van der Waals surface area contributed by atoms with Crippen molar-refractivity contribution in [2.75, 3.05) is 44.5 Å². The number of nitrogens with one attached hydrogen (secondary N) is 1. The van der Waals surface area contributed by atoms with E-state index in [0.29, 0.717) is 42.9 Å². The number of thioether (sulfide) groups is 1. The van der Waals surface area contributed by atoms with Crippen LogP contribution in [0.2, 0.25) is 0 Å². The van der Waals surface area contributed by atoms with Gasteiger partial charge in [-0.2, -0.15) is 4.31 Å². The molecule has 1 saturated heterocycles. The highest BCUT2D eigenvalue weighted by Gasteiger charge is 2.26. The van der Waals surface area contributed by atoms with Gasteiger partial charge in [0.05, 0.1) is 36.5 Å². The van der Waals surface area contributed by atoms with Gasteiger partial charge < -0.3 is 14.8 Å². The zero-order valence-corrected chi connectivity index (χ0v) is 21.4. The first-order chi connectivity index (χ1) is 17.4. The number of hydrogen-bond donors (Lipinski definition) is 1. The van der Waals surface area contributed by atoms with E-state index in [-0.39, 0.29) is 16.6 Å². The Balaban J connectivity index is 1.29. The molecule has 36 heavy (non-hydrogen) atoms. The number of carbonyl (C=O) groups excluding carboxylic acids is 1. The molecule has 1 amide bonds. The molecule has 0 atom stereocenters. The number of ether oxygens (including phenoxy) is 2. The zero-order valence-electron chi connectivity index (χ0n) is 19.8. The van der Waals surface area contributed by atoms with Crippen molar-refractivity contribution in [2.45, 2.75) is 17.0 Å². The average molecular weight is 528 g/mol. The SMILES string of the molecule is COc1ccc2cc(C)c3nnc(SCC(=O)Nc4ccc(S(=O)(=O)N5CCOCC5)cc4)n3c2c1. The van der Waals surface area contributed by atoms with E-state index in [9.17, 15) is 13.2 Å². The second kappa shape index (κ2) is 10.1. The van der Waals surface area contributed by atoms with Crippen molar-refractivity contribution < 1.29 is 22.7 Å². The van der Waals surface area contributed by atoms with Crippen LogP contribution in [-0.2, 0) is 19.6 Å². The third-order valence-corrected chi connectivity index (χ3v) is 8.76. The lowest BCUT2D eigenvalue weighted by Gasteiger charge is -2.26. The summed E-state index contributed by atoms with van der Waals surface area (Å²) < 4.78 is 39.5. The van der Waals surface area contributed by atoms with Crippen LogP contribution in [-0.4, -0.2) is 72.4 Å². The van der Waals surface area contributed by atoms with Gasteiger partial charge >= 0.3 is 0 Å². The molecule has 1 fully saturated rings. The first kappa shape index (κ1) is 24.5. The summed E-state index contributed by atoms with van der Waals surface area (Å²) >= 11 is 1.27. The van der Waals surface area contributed by atoms with Crippen LogP contribution in [0.3, 0.4) is 0 Å². The number of rotatable bonds is 7. The van der Waals surface area contributed by atoms with Crippen molar-refractivity contribution >= 4 is 49.9 Å². The molecule has 0 aliphatic carbocycles. The number of benzene rings is 2. The second-order valence-corrected chi connectivity index (χ2v) is 11.2. The topological polar surface area (TPSA) is 115 Å². The van der Waals surface area contributed by atoms with Crippen LogP contribution in [0, 0.1) is 6.92 Å². The van der Waals surface area contributed by atoms with Gasteiger partial charge in [-0.15, -0.1) is 10.2 Å². The Labute approximate surface area is 212 Å². The predicted octanol–water partition coefficient (Wildman–Crippen LogP) is 2.95. The molecule has 0 bridgehead atoms. The summed E-state index contributed by atoms with van der Waals surface area (Å²) in [6.07, 6.45) is 0. The maximum absolute atomic E-state index is 12.8. The van der Waals surface area contributed by atoms with Crippen LogP contribution in [0.25, 0.3) is 16.6 Å². The maximum Gasteiger partial charge on any atom is 0.243 e. The molecule has 3 heterocycles. The molecule has 1 N–H and O–H groups in total. The molecule has 10 nitrogen and oxygen atoms in total. The smallest absolute Gasteiger partial charge is 0.243 e. The van der Waals surface area contributed by atoms with E-state index >= 15 is 0 Å². The van der Waals surface area contributed by atoms with Crippen molar-refractivity contribution in [2.24, 2.45) is 0 Å². The molecule has 1 aliphatic heterocycles.